The van der Waals surface area contributed by atoms with Crippen LogP contribution in [0.5, 0.6) is 0 Å². The first-order valence-electron chi connectivity index (χ1n) is 10.2. The van der Waals surface area contributed by atoms with Crippen molar-refractivity contribution in [3.05, 3.63) is 67.4 Å². The van der Waals surface area contributed by atoms with Gasteiger partial charge in [0.1, 0.15) is 4.53 Å². The van der Waals surface area contributed by atoms with E-state index in [0.29, 0.717) is 21.6 Å². The molecule has 0 N–H and O–H groups in total. The zero-order valence-corrected chi connectivity index (χ0v) is 18.9. The lowest BCUT2D eigenvalue weighted by molar-refractivity contribution is -0.113. The number of carbonyl (C=O) groups is 1. The third-order valence-electron chi connectivity index (χ3n) is 5.56. The number of nitrogens with zero attached hydrogens (tertiary/aromatic N) is 3. The van der Waals surface area contributed by atoms with E-state index in [4.69, 9.17) is 0 Å². The highest BCUT2D eigenvalue weighted by Crippen LogP contribution is 2.37. The number of rotatable bonds is 5. The molecule has 0 atom stereocenters. The summed E-state index contributed by atoms with van der Waals surface area (Å²) in [7, 11) is 0. The second-order valence-corrected chi connectivity index (χ2v) is 9.40. The molecule has 0 saturated carbocycles. The second-order valence-electron chi connectivity index (χ2n) is 7.51. The molecule has 5 rings (SSSR count). The number of anilines is 1. The molecule has 5 nitrogen and oxygen atoms in total. The molecule has 152 valence electrons. The lowest BCUT2D eigenvalue weighted by Gasteiger charge is -2.16. The van der Waals surface area contributed by atoms with Crippen molar-refractivity contribution in [2.75, 3.05) is 11.4 Å². The van der Waals surface area contributed by atoms with Crippen molar-refractivity contribution in [3.63, 3.8) is 0 Å². The monoisotopic (exact) mass is 481 g/mol. The fraction of sp³-hybridized carbons (Fsp3) is 0.261. The Morgan fingerprint density at radius 2 is 1.90 bits per heavy atom. The van der Waals surface area contributed by atoms with E-state index in [1.807, 2.05) is 47.4 Å². The summed E-state index contributed by atoms with van der Waals surface area (Å²) in [6, 6.07) is 13.4. The number of fused-ring (bicyclic) bond motifs is 4. The van der Waals surface area contributed by atoms with Crippen LogP contribution in [0.2, 0.25) is 0 Å². The molecule has 0 spiro atoms. The Kier molecular flexibility index (Phi) is 4.95. The predicted molar refractivity (Wildman–Crippen MR) is 125 cm³/mol. The Morgan fingerprint density at radius 1 is 1.07 bits per heavy atom. The van der Waals surface area contributed by atoms with E-state index in [0.717, 1.165) is 52.4 Å². The molecule has 3 heterocycles. The summed E-state index contributed by atoms with van der Waals surface area (Å²) in [5, 5.41) is 0. The van der Waals surface area contributed by atoms with Gasteiger partial charge in [-0.1, -0.05) is 65.6 Å². The van der Waals surface area contributed by atoms with Gasteiger partial charge in [-0.15, -0.1) is 0 Å². The average molecular weight is 482 g/mol. The average Bonchev–Trinajstić information content (AvgIpc) is 3.34. The molecule has 7 heteroatoms. The molecule has 0 unspecified atom stereocenters. The van der Waals surface area contributed by atoms with Gasteiger partial charge >= 0.3 is 0 Å². The number of benzene rings is 2. The number of amides is 1. The SMILES string of the molecule is CCCCCCN1C(=O)C(=c2sc3nc4ccccc4n3c2=O)c2cc(Br)ccc21. The summed E-state index contributed by atoms with van der Waals surface area (Å²) in [6.45, 7) is 2.84. The first-order valence-corrected chi connectivity index (χ1v) is 11.8. The van der Waals surface area contributed by atoms with E-state index in [2.05, 4.69) is 27.8 Å². The van der Waals surface area contributed by atoms with Crippen LogP contribution in [0.4, 0.5) is 5.69 Å². The van der Waals surface area contributed by atoms with Crippen LogP contribution in [0.3, 0.4) is 0 Å². The normalized spacial score (nSPS) is 15.5. The van der Waals surface area contributed by atoms with Crippen LogP contribution in [-0.2, 0) is 4.79 Å². The van der Waals surface area contributed by atoms with Crippen molar-refractivity contribution in [1.82, 2.24) is 9.38 Å². The Labute approximate surface area is 185 Å². The summed E-state index contributed by atoms with van der Waals surface area (Å²) < 4.78 is 2.97. The molecule has 2 aromatic carbocycles. The van der Waals surface area contributed by atoms with Gasteiger partial charge in [0.25, 0.3) is 11.5 Å². The molecule has 30 heavy (non-hydrogen) atoms. The fourth-order valence-corrected chi connectivity index (χ4v) is 5.54. The molecule has 1 aliphatic heterocycles. The lowest BCUT2D eigenvalue weighted by Crippen LogP contribution is -2.32. The van der Waals surface area contributed by atoms with Crippen molar-refractivity contribution in [1.29, 1.82) is 0 Å². The van der Waals surface area contributed by atoms with Gasteiger partial charge in [0.05, 0.1) is 22.3 Å². The number of hydrogen-bond acceptors (Lipinski definition) is 4. The van der Waals surface area contributed by atoms with Gasteiger partial charge < -0.3 is 4.90 Å². The smallest absolute Gasteiger partial charge is 0.275 e. The molecule has 0 bridgehead atoms. The molecular weight excluding hydrogens is 462 g/mol. The Balaban J connectivity index is 1.71. The summed E-state index contributed by atoms with van der Waals surface area (Å²) in [6.07, 6.45) is 4.35. The summed E-state index contributed by atoms with van der Waals surface area (Å²) in [5.41, 5.74) is 3.57. The Morgan fingerprint density at radius 3 is 2.73 bits per heavy atom. The van der Waals surface area contributed by atoms with Gasteiger partial charge in [-0.3, -0.25) is 9.59 Å². The van der Waals surface area contributed by atoms with Crippen LogP contribution in [0.15, 0.2) is 51.7 Å². The lowest BCUT2D eigenvalue weighted by atomic mass is 10.1. The highest BCUT2D eigenvalue weighted by atomic mass is 79.9. The minimum atomic E-state index is -0.175. The molecule has 0 saturated heterocycles. The minimum Gasteiger partial charge on any atom is -0.308 e. The maximum absolute atomic E-state index is 13.5. The van der Waals surface area contributed by atoms with Gasteiger partial charge in [-0.05, 0) is 36.8 Å². The third-order valence-corrected chi connectivity index (χ3v) is 7.09. The number of aromatic nitrogens is 2. The Bertz CT molecular complexity index is 1410. The van der Waals surface area contributed by atoms with Crippen molar-refractivity contribution in [3.8, 4) is 0 Å². The first-order chi connectivity index (χ1) is 14.6. The van der Waals surface area contributed by atoms with Gasteiger partial charge in [0, 0.05) is 16.6 Å². The van der Waals surface area contributed by atoms with E-state index in [1.54, 1.807) is 4.40 Å². The molecule has 1 amide bonds. The van der Waals surface area contributed by atoms with E-state index in [-0.39, 0.29) is 11.5 Å². The molecule has 0 radical (unpaired) electrons. The van der Waals surface area contributed by atoms with Crippen LogP contribution in [0, 0.1) is 0 Å². The van der Waals surface area contributed by atoms with Gasteiger partial charge in [-0.2, -0.15) is 0 Å². The number of hydrogen-bond donors (Lipinski definition) is 0. The quantitative estimate of drug-likeness (QED) is 0.393. The zero-order valence-electron chi connectivity index (χ0n) is 16.5. The second kappa shape index (κ2) is 7.63. The summed E-state index contributed by atoms with van der Waals surface area (Å²) in [5.74, 6) is -0.0921. The molecule has 0 aliphatic carbocycles. The van der Waals surface area contributed by atoms with Crippen LogP contribution in [0.1, 0.15) is 38.2 Å². The topological polar surface area (TPSA) is 54.7 Å². The first kappa shape index (κ1) is 19.5. The number of carbonyl (C=O) groups excluding carboxylic acids is 1. The standard InChI is InChI=1S/C23H20BrN3O2S/c1-2-3-4-7-12-26-17-11-10-14(24)13-15(17)19(21(26)28)20-22(29)27-18-9-6-5-8-16(18)25-23(27)30-20/h5-6,8-11,13H,2-4,7,12H2,1H3. The molecule has 1 aliphatic rings. The zero-order chi connectivity index (χ0) is 20.8. The minimum absolute atomic E-state index is 0.0921. The van der Waals surface area contributed by atoms with E-state index in [1.165, 1.54) is 11.3 Å². The molecule has 4 aromatic rings. The van der Waals surface area contributed by atoms with Gasteiger partial charge in [0.2, 0.25) is 0 Å². The van der Waals surface area contributed by atoms with Gasteiger partial charge in [0.15, 0.2) is 4.96 Å². The molecular formula is C23H20BrN3O2S. The van der Waals surface area contributed by atoms with Crippen LogP contribution >= 0.6 is 27.3 Å². The number of imidazole rings is 1. The van der Waals surface area contributed by atoms with Crippen molar-refractivity contribution in [2.24, 2.45) is 0 Å². The predicted octanol–water partition coefficient (Wildman–Crippen LogP) is 4.52. The van der Waals surface area contributed by atoms with Gasteiger partial charge in [-0.25, -0.2) is 9.38 Å². The maximum atomic E-state index is 13.5. The van der Waals surface area contributed by atoms with Crippen LogP contribution < -0.4 is 15.0 Å². The number of halogens is 1. The fourth-order valence-electron chi connectivity index (χ4n) is 4.10. The summed E-state index contributed by atoms with van der Waals surface area (Å²) >= 11 is 4.81. The number of unbranched alkanes of at least 4 members (excludes halogenated alkanes) is 3. The number of thiazole rings is 1. The Hall–Kier alpha value is -2.51. The van der Waals surface area contributed by atoms with E-state index < -0.39 is 0 Å². The molecule has 0 fully saturated rings. The van der Waals surface area contributed by atoms with Crippen LogP contribution in [0.25, 0.3) is 21.6 Å². The van der Waals surface area contributed by atoms with E-state index in [9.17, 15) is 9.59 Å². The van der Waals surface area contributed by atoms with Crippen molar-refractivity contribution >= 4 is 60.4 Å². The third kappa shape index (κ3) is 2.99. The van der Waals surface area contributed by atoms with E-state index >= 15 is 0 Å². The molecule has 2 aromatic heterocycles. The highest BCUT2D eigenvalue weighted by Gasteiger charge is 2.34. The largest absolute Gasteiger partial charge is 0.308 e. The van der Waals surface area contributed by atoms with Crippen molar-refractivity contribution < 1.29 is 4.79 Å². The van der Waals surface area contributed by atoms with Crippen molar-refractivity contribution in [2.45, 2.75) is 32.6 Å². The van der Waals surface area contributed by atoms with Crippen LogP contribution in [-0.4, -0.2) is 21.8 Å². The highest BCUT2D eigenvalue weighted by molar-refractivity contribution is 9.10. The maximum Gasteiger partial charge on any atom is 0.275 e. The summed E-state index contributed by atoms with van der Waals surface area (Å²) in [4.78, 5) is 33.9. The number of para-hydroxylation sites is 2.